The zero-order valence-corrected chi connectivity index (χ0v) is 16.7. The lowest BCUT2D eigenvalue weighted by Crippen LogP contribution is -2.45. The van der Waals surface area contributed by atoms with Gasteiger partial charge in [0.05, 0.1) is 5.92 Å². The summed E-state index contributed by atoms with van der Waals surface area (Å²) in [5.74, 6) is -1.12. The van der Waals surface area contributed by atoms with Gasteiger partial charge in [0.15, 0.2) is 6.61 Å². The van der Waals surface area contributed by atoms with Crippen molar-refractivity contribution in [3.8, 4) is 0 Å². The van der Waals surface area contributed by atoms with Crippen LogP contribution in [-0.2, 0) is 19.1 Å². The molecule has 1 atom stereocenters. The highest BCUT2D eigenvalue weighted by Gasteiger charge is 2.32. The molecule has 1 aliphatic heterocycles. The van der Waals surface area contributed by atoms with Crippen molar-refractivity contribution in [2.24, 2.45) is 5.92 Å². The van der Waals surface area contributed by atoms with E-state index >= 15 is 0 Å². The van der Waals surface area contributed by atoms with Gasteiger partial charge in [-0.1, -0.05) is 12.2 Å². The molecule has 1 unspecified atom stereocenters. The second-order valence-electron chi connectivity index (χ2n) is 7.74. The average molecular weight is 368 g/mol. The summed E-state index contributed by atoms with van der Waals surface area (Å²) in [6, 6.07) is 0. The molecule has 0 saturated carbocycles. The van der Waals surface area contributed by atoms with Gasteiger partial charge in [0.1, 0.15) is 5.60 Å². The topological polar surface area (TPSA) is 76.2 Å². The highest BCUT2D eigenvalue weighted by molar-refractivity contribution is 5.82. The first-order valence-corrected chi connectivity index (χ1v) is 9.10. The number of piperidine rings is 1. The summed E-state index contributed by atoms with van der Waals surface area (Å²) in [5.41, 5.74) is 0.288. The Morgan fingerprint density at radius 2 is 1.92 bits per heavy atom. The van der Waals surface area contributed by atoms with Crippen LogP contribution in [0.15, 0.2) is 12.2 Å². The van der Waals surface area contributed by atoms with Crippen LogP contribution in [0, 0.1) is 5.92 Å². The summed E-state index contributed by atoms with van der Waals surface area (Å²) in [6.45, 7) is 14.4. The third-order valence-electron chi connectivity index (χ3n) is 3.94. The number of esters is 1. The molecule has 0 aromatic rings. The highest BCUT2D eigenvalue weighted by atomic mass is 16.6. The molecule has 1 aliphatic rings. The van der Waals surface area contributed by atoms with Crippen molar-refractivity contribution < 1.29 is 23.9 Å². The molecule has 1 saturated heterocycles. The second-order valence-corrected chi connectivity index (χ2v) is 7.74. The quantitative estimate of drug-likeness (QED) is 0.532. The van der Waals surface area contributed by atoms with Gasteiger partial charge < -0.3 is 19.3 Å². The van der Waals surface area contributed by atoms with E-state index in [4.69, 9.17) is 9.47 Å². The van der Waals surface area contributed by atoms with E-state index in [1.807, 2.05) is 13.8 Å². The van der Waals surface area contributed by atoms with Crippen LogP contribution in [0.25, 0.3) is 0 Å². The van der Waals surface area contributed by atoms with Crippen LogP contribution in [0.5, 0.6) is 0 Å². The summed E-state index contributed by atoms with van der Waals surface area (Å²) < 4.78 is 10.6. The Kier molecular flexibility index (Phi) is 8.11. The average Bonchev–Trinajstić information content (AvgIpc) is 2.55. The second kappa shape index (κ2) is 9.59. The Hall–Kier alpha value is -2.05. The number of rotatable bonds is 6. The number of hydrogen-bond donors (Lipinski definition) is 0. The van der Waals surface area contributed by atoms with Gasteiger partial charge in [0.25, 0.3) is 5.91 Å². The lowest BCUT2D eigenvalue weighted by Gasteiger charge is -2.33. The molecule has 148 valence electrons. The fraction of sp³-hybridized carbons (Fsp3) is 0.737. The largest absolute Gasteiger partial charge is 0.455 e. The van der Waals surface area contributed by atoms with Crippen LogP contribution in [-0.4, -0.2) is 66.2 Å². The van der Waals surface area contributed by atoms with E-state index in [1.54, 1.807) is 25.7 Å². The lowest BCUT2D eigenvalue weighted by atomic mass is 9.98. The molecule has 0 aromatic carbocycles. The molecule has 1 rings (SSSR count). The molecule has 0 bridgehead atoms. The number of amides is 2. The molecule has 2 amide bonds. The van der Waals surface area contributed by atoms with Crippen LogP contribution in [0.1, 0.15) is 47.5 Å². The van der Waals surface area contributed by atoms with Crippen molar-refractivity contribution in [3.63, 3.8) is 0 Å². The first-order valence-electron chi connectivity index (χ1n) is 9.10. The molecule has 26 heavy (non-hydrogen) atoms. The van der Waals surface area contributed by atoms with Crippen molar-refractivity contribution in [3.05, 3.63) is 12.2 Å². The number of carbonyl (C=O) groups excluding carboxylic acids is 3. The van der Waals surface area contributed by atoms with E-state index < -0.39 is 23.6 Å². The minimum atomic E-state index is -0.580. The van der Waals surface area contributed by atoms with Crippen molar-refractivity contribution in [1.29, 1.82) is 0 Å². The van der Waals surface area contributed by atoms with Crippen LogP contribution in [0.4, 0.5) is 4.79 Å². The van der Waals surface area contributed by atoms with Gasteiger partial charge in [-0.3, -0.25) is 9.59 Å². The molecule has 1 fully saturated rings. The summed E-state index contributed by atoms with van der Waals surface area (Å²) >= 11 is 0. The number of nitrogens with zero attached hydrogens (tertiary/aromatic N) is 2. The van der Waals surface area contributed by atoms with Crippen LogP contribution >= 0.6 is 0 Å². The predicted molar refractivity (Wildman–Crippen MR) is 98.6 cm³/mol. The van der Waals surface area contributed by atoms with Gasteiger partial charge in [0, 0.05) is 26.2 Å². The Morgan fingerprint density at radius 1 is 1.27 bits per heavy atom. The summed E-state index contributed by atoms with van der Waals surface area (Å²) in [5, 5.41) is 0. The lowest BCUT2D eigenvalue weighted by molar-refractivity contribution is -0.156. The molecule has 0 N–H and O–H groups in total. The number of hydrogen-bond acceptors (Lipinski definition) is 5. The van der Waals surface area contributed by atoms with E-state index in [0.717, 1.165) is 5.57 Å². The monoisotopic (exact) mass is 368 g/mol. The molecular weight excluding hydrogens is 336 g/mol. The number of likely N-dealkylation sites (N-methyl/N-ethyl adjacent to an activating group) is 1. The number of ether oxygens (including phenoxy) is 2. The van der Waals surface area contributed by atoms with Gasteiger partial charge in [-0.25, -0.2) is 4.79 Å². The van der Waals surface area contributed by atoms with Gasteiger partial charge in [-0.05, 0) is 47.5 Å². The zero-order valence-electron chi connectivity index (χ0n) is 16.7. The van der Waals surface area contributed by atoms with Gasteiger partial charge >= 0.3 is 12.1 Å². The first kappa shape index (κ1) is 22.0. The van der Waals surface area contributed by atoms with Crippen molar-refractivity contribution in [2.75, 3.05) is 32.8 Å². The standard InChI is InChI=1S/C19H32N2O5/c1-7-20(11-14(2)3)16(22)13-25-17(23)15-9-8-10-21(12-15)18(24)26-19(4,5)6/h15H,2,7-13H2,1,3-6H3. The maximum Gasteiger partial charge on any atom is 0.410 e. The van der Waals surface area contributed by atoms with Crippen molar-refractivity contribution in [1.82, 2.24) is 9.80 Å². The number of likely N-dealkylation sites (tertiary alicyclic amines) is 1. The van der Waals surface area contributed by atoms with Crippen LogP contribution < -0.4 is 0 Å². The van der Waals surface area contributed by atoms with E-state index in [1.165, 1.54) is 4.90 Å². The fourth-order valence-corrected chi connectivity index (χ4v) is 2.71. The maximum atomic E-state index is 12.3. The summed E-state index contributed by atoms with van der Waals surface area (Å²) in [7, 11) is 0. The minimum absolute atomic E-state index is 0.247. The van der Waals surface area contributed by atoms with Crippen LogP contribution in [0.3, 0.4) is 0 Å². The molecule has 1 heterocycles. The normalized spacial score (nSPS) is 17.4. The molecule has 7 nitrogen and oxygen atoms in total. The summed E-state index contributed by atoms with van der Waals surface area (Å²) in [4.78, 5) is 39.7. The third kappa shape index (κ3) is 7.45. The molecular formula is C19H32N2O5. The van der Waals surface area contributed by atoms with E-state index in [9.17, 15) is 14.4 Å². The summed E-state index contributed by atoms with van der Waals surface area (Å²) in [6.07, 6.45) is 0.906. The molecule has 0 spiro atoms. The molecule has 0 radical (unpaired) electrons. The first-order chi connectivity index (χ1) is 12.0. The minimum Gasteiger partial charge on any atom is -0.455 e. The Morgan fingerprint density at radius 3 is 2.46 bits per heavy atom. The maximum absolute atomic E-state index is 12.3. The Bertz CT molecular complexity index is 539. The van der Waals surface area contributed by atoms with E-state index in [0.29, 0.717) is 32.5 Å². The molecule has 7 heteroatoms. The van der Waals surface area contributed by atoms with Gasteiger partial charge in [-0.15, -0.1) is 0 Å². The highest BCUT2D eigenvalue weighted by Crippen LogP contribution is 2.20. The smallest absolute Gasteiger partial charge is 0.410 e. The van der Waals surface area contributed by atoms with Crippen LogP contribution in [0.2, 0.25) is 0 Å². The molecule has 0 aromatic heterocycles. The van der Waals surface area contributed by atoms with Crippen molar-refractivity contribution in [2.45, 2.75) is 53.1 Å². The fourth-order valence-electron chi connectivity index (χ4n) is 2.71. The van der Waals surface area contributed by atoms with Gasteiger partial charge in [0.2, 0.25) is 0 Å². The number of carbonyl (C=O) groups is 3. The van der Waals surface area contributed by atoms with E-state index in [2.05, 4.69) is 6.58 Å². The SMILES string of the molecule is C=C(C)CN(CC)C(=O)COC(=O)C1CCCN(C(=O)OC(C)(C)C)C1. The van der Waals surface area contributed by atoms with Gasteiger partial charge in [-0.2, -0.15) is 0 Å². The Labute approximate surface area is 156 Å². The molecule has 0 aliphatic carbocycles. The third-order valence-corrected chi connectivity index (χ3v) is 3.94. The van der Waals surface area contributed by atoms with Crippen molar-refractivity contribution >= 4 is 18.0 Å². The predicted octanol–water partition coefficient (Wildman–Crippen LogP) is 2.60. The Balaban J connectivity index is 2.52. The zero-order chi connectivity index (χ0) is 19.9. The van der Waals surface area contributed by atoms with E-state index in [-0.39, 0.29) is 19.1 Å².